The molecule has 0 unspecified atom stereocenters. The molecule has 0 fully saturated rings. The van der Waals surface area contributed by atoms with Crippen LogP contribution in [0.1, 0.15) is 28.0 Å². The normalized spacial score (nSPS) is 12.8. The second kappa shape index (κ2) is 7.37. The van der Waals surface area contributed by atoms with E-state index in [9.17, 15) is 9.59 Å². The molecular formula is C21H18N4O2. The molecule has 0 saturated heterocycles. The van der Waals surface area contributed by atoms with Gasteiger partial charge in [-0.15, -0.1) is 0 Å². The second-order valence-corrected chi connectivity index (χ2v) is 6.33. The van der Waals surface area contributed by atoms with Gasteiger partial charge in [0, 0.05) is 23.9 Å². The fraction of sp³-hybridized carbons (Fsp3) is 0.143. The molecule has 1 aliphatic heterocycles. The summed E-state index contributed by atoms with van der Waals surface area (Å²) >= 11 is 0. The van der Waals surface area contributed by atoms with Crippen LogP contribution >= 0.6 is 0 Å². The number of pyridine rings is 2. The zero-order chi connectivity index (χ0) is 18.6. The molecule has 2 aromatic heterocycles. The number of aromatic nitrogens is 2. The van der Waals surface area contributed by atoms with Gasteiger partial charge in [-0.05, 0) is 54.4 Å². The van der Waals surface area contributed by atoms with Crippen LogP contribution in [-0.2, 0) is 17.8 Å². The molecule has 0 atom stereocenters. The molecule has 27 heavy (non-hydrogen) atoms. The predicted octanol–water partition coefficient (Wildman–Crippen LogP) is 2.96. The largest absolute Gasteiger partial charge is 0.346 e. The van der Waals surface area contributed by atoms with Gasteiger partial charge < -0.3 is 10.6 Å². The third-order valence-corrected chi connectivity index (χ3v) is 4.43. The minimum absolute atomic E-state index is 0.0126. The number of carbonyl (C=O) groups excluding carboxylic acids is 2. The number of nitrogens with one attached hydrogen (secondary N) is 2. The maximum atomic E-state index is 12.5. The molecule has 2 N–H and O–H groups in total. The Labute approximate surface area is 156 Å². The maximum Gasteiger partial charge on any atom is 0.251 e. The molecule has 134 valence electrons. The van der Waals surface area contributed by atoms with Crippen molar-refractivity contribution in [1.82, 2.24) is 15.3 Å². The smallest absolute Gasteiger partial charge is 0.251 e. The van der Waals surface area contributed by atoms with E-state index in [-0.39, 0.29) is 11.8 Å². The molecule has 0 aliphatic carbocycles. The number of aryl methyl sites for hydroxylation is 1. The minimum atomic E-state index is -0.167. The van der Waals surface area contributed by atoms with E-state index >= 15 is 0 Å². The lowest BCUT2D eigenvalue weighted by molar-refractivity contribution is -0.116. The summed E-state index contributed by atoms with van der Waals surface area (Å²) in [6.07, 6.45) is 2.82. The Morgan fingerprint density at radius 3 is 2.78 bits per heavy atom. The van der Waals surface area contributed by atoms with Crippen LogP contribution in [0.25, 0.3) is 11.4 Å². The van der Waals surface area contributed by atoms with Gasteiger partial charge in [-0.3, -0.25) is 14.6 Å². The first kappa shape index (κ1) is 16.9. The number of fused-ring (bicyclic) bond motifs is 1. The number of amides is 2. The van der Waals surface area contributed by atoms with Crippen molar-refractivity contribution in [2.75, 3.05) is 5.32 Å². The first-order valence-electron chi connectivity index (χ1n) is 8.77. The van der Waals surface area contributed by atoms with Crippen molar-refractivity contribution in [2.24, 2.45) is 0 Å². The summed E-state index contributed by atoms with van der Waals surface area (Å²) < 4.78 is 0. The summed E-state index contributed by atoms with van der Waals surface area (Å²) in [5, 5.41) is 5.72. The first-order chi connectivity index (χ1) is 13.2. The van der Waals surface area contributed by atoms with Gasteiger partial charge in [0.25, 0.3) is 5.91 Å². The van der Waals surface area contributed by atoms with Crippen LogP contribution in [0.15, 0.2) is 60.8 Å². The van der Waals surface area contributed by atoms with Crippen molar-refractivity contribution < 1.29 is 9.59 Å². The average molecular weight is 358 g/mol. The lowest BCUT2D eigenvalue weighted by atomic mass is 10.00. The Morgan fingerprint density at radius 1 is 1.04 bits per heavy atom. The monoisotopic (exact) mass is 358 g/mol. The molecule has 0 saturated carbocycles. The van der Waals surface area contributed by atoms with Gasteiger partial charge in [0.05, 0.1) is 23.6 Å². The summed E-state index contributed by atoms with van der Waals surface area (Å²) in [7, 11) is 0. The molecule has 0 radical (unpaired) electrons. The fourth-order valence-corrected chi connectivity index (χ4v) is 3.03. The van der Waals surface area contributed by atoms with Gasteiger partial charge in [-0.25, -0.2) is 4.98 Å². The molecule has 6 nitrogen and oxygen atoms in total. The molecule has 6 heteroatoms. The van der Waals surface area contributed by atoms with Gasteiger partial charge in [-0.1, -0.05) is 12.1 Å². The number of carbonyl (C=O) groups is 2. The van der Waals surface area contributed by atoms with Gasteiger partial charge in [0.2, 0.25) is 5.91 Å². The highest BCUT2D eigenvalue weighted by Crippen LogP contribution is 2.23. The summed E-state index contributed by atoms with van der Waals surface area (Å²) in [5.74, 6) is -0.154. The van der Waals surface area contributed by atoms with Crippen molar-refractivity contribution in [1.29, 1.82) is 0 Å². The van der Waals surface area contributed by atoms with E-state index in [1.807, 2.05) is 42.5 Å². The van der Waals surface area contributed by atoms with Crippen LogP contribution in [0.4, 0.5) is 5.69 Å². The fourth-order valence-electron chi connectivity index (χ4n) is 3.03. The lowest BCUT2D eigenvalue weighted by Gasteiger charge is -2.17. The summed E-state index contributed by atoms with van der Waals surface area (Å²) in [4.78, 5) is 32.8. The Kier molecular flexibility index (Phi) is 4.61. The van der Waals surface area contributed by atoms with E-state index in [0.29, 0.717) is 24.9 Å². The SMILES string of the molecule is O=C1CCc2cc(C(=O)NCc3cccc(-c4ccccn4)n3)ccc2N1. The topological polar surface area (TPSA) is 84.0 Å². The molecule has 3 aromatic rings. The van der Waals surface area contributed by atoms with Gasteiger partial charge in [-0.2, -0.15) is 0 Å². The molecule has 1 aliphatic rings. The molecule has 3 heterocycles. The Hall–Kier alpha value is -3.54. The highest BCUT2D eigenvalue weighted by atomic mass is 16.2. The Morgan fingerprint density at radius 2 is 1.93 bits per heavy atom. The van der Waals surface area contributed by atoms with Crippen molar-refractivity contribution in [3.63, 3.8) is 0 Å². The van der Waals surface area contributed by atoms with E-state index in [2.05, 4.69) is 20.6 Å². The van der Waals surface area contributed by atoms with Crippen molar-refractivity contribution in [3.05, 3.63) is 77.6 Å². The van der Waals surface area contributed by atoms with Gasteiger partial charge >= 0.3 is 0 Å². The summed E-state index contributed by atoms with van der Waals surface area (Å²) in [5.41, 5.74) is 4.67. The molecule has 2 amide bonds. The van der Waals surface area contributed by atoms with Crippen LogP contribution in [0.5, 0.6) is 0 Å². The van der Waals surface area contributed by atoms with Crippen molar-refractivity contribution in [2.45, 2.75) is 19.4 Å². The van der Waals surface area contributed by atoms with Crippen LogP contribution in [-0.4, -0.2) is 21.8 Å². The Bertz CT molecular complexity index is 1000. The van der Waals surface area contributed by atoms with Crippen molar-refractivity contribution in [3.8, 4) is 11.4 Å². The zero-order valence-corrected chi connectivity index (χ0v) is 14.6. The standard InChI is InChI=1S/C21H18N4O2/c26-20-10-8-14-12-15(7-9-17(14)25-20)21(27)23-13-16-4-3-6-19(24-16)18-5-1-2-11-22-18/h1-7,9,11-12H,8,10,13H2,(H,23,27)(H,25,26). The number of nitrogens with zero attached hydrogens (tertiary/aromatic N) is 2. The predicted molar refractivity (Wildman–Crippen MR) is 102 cm³/mol. The minimum Gasteiger partial charge on any atom is -0.346 e. The quantitative estimate of drug-likeness (QED) is 0.751. The molecule has 0 spiro atoms. The molecule has 0 bridgehead atoms. The maximum absolute atomic E-state index is 12.5. The molecule has 1 aromatic carbocycles. The first-order valence-corrected chi connectivity index (χ1v) is 8.77. The van der Waals surface area contributed by atoms with E-state index < -0.39 is 0 Å². The van der Waals surface area contributed by atoms with Crippen LogP contribution in [0.3, 0.4) is 0 Å². The van der Waals surface area contributed by atoms with Crippen LogP contribution in [0, 0.1) is 0 Å². The number of hydrogen-bond acceptors (Lipinski definition) is 4. The molecule has 4 rings (SSSR count). The number of rotatable bonds is 4. The second-order valence-electron chi connectivity index (χ2n) is 6.33. The number of hydrogen-bond donors (Lipinski definition) is 2. The number of benzene rings is 1. The van der Waals surface area contributed by atoms with Gasteiger partial charge in [0.15, 0.2) is 0 Å². The Balaban J connectivity index is 1.45. The average Bonchev–Trinajstić information content (AvgIpc) is 2.72. The summed E-state index contributed by atoms with van der Waals surface area (Å²) in [6, 6.07) is 16.7. The third kappa shape index (κ3) is 3.84. The van der Waals surface area contributed by atoms with E-state index in [0.717, 1.165) is 28.3 Å². The highest BCUT2D eigenvalue weighted by Gasteiger charge is 2.16. The number of anilines is 1. The zero-order valence-electron chi connectivity index (χ0n) is 14.6. The van der Waals surface area contributed by atoms with E-state index in [4.69, 9.17) is 0 Å². The van der Waals surface area contributed by atoms with Crippen LogP contribution < -0.4 is 10.6 Å². The molecular weight excluding hydrogens is 340 g/mol. The van der Waals surface area contributed by atoms with Crippen LogP contribution in [0.2, 0.25) is 0 Å². The van der Waals surface area contributed by atoms with E-state index in [1.165, 1.54) is 0 Å². The van der Waals surface area contributed by atoms with E-state index in [1.54, 1.807) is 18.3 Å². The van der Waals surface area contributed by atoms with Gasteiger partial charge in [0.1, 0.15) is 0 Å². The highest BCUT2D eigenvalue weighted by molar-refractivity contribution is 5.97. The lowest BCUT2D eigenvalue weighted by Crippen LogP contribution is -2.24. The summed E-state index contributed by atoms with van der Waals surface area (Å²) in [6.45, 7) is 0.327. The third-order valence-electron chi connectivity index (χ3n) is 4.43. The van der Waals surface area contributed by atoms with Crippen molar-refractivity contribution >= 4 is 17.5 Å².